The second-order valence-electron chi connectivity index (χ2n) is 4.64. The first-order valence-electron chi connectivity index (χ1n) is 5.70. The number of hydrogen-bond acceptors (Lipinski definition) is 0. The first-order chi connectivity index (χ1) is 8.42. The minimum absolute atomic E-state index is 0.550. The van der Waals surface area contributed by atoms with Crippen molar-refractivity contribution in [3.8, 4) is 0 Å². The highest BCUT2D eigenvalue weighted by molar-refractivity contribution is 6.62. The predicted molar refractivity (Wildman–Crippen MR) is 80.1 cm³/mol. The zero-order chi connectivity index (χ0) is 13.0. The van der Waals surface area contributed by atoms with Gasteiger partial charge in [-0.2, -0.15) is 0 Å². The monoisotopic (exact) mass is 318 g/mol. The van der Waals surface area contributed by atoms with Gasteiger partial charge in [0.25, 0.3) is 0 Å². The van der Waals surface area contributed by atoms with Crippen LogP contribution >= 0.6 is 46.4 Å². The van der Waals surface area contributed by atoms with Crippen LogP contribution in [0.4, 0.5) is 0 Å². The van der Waals surface area contributed by atoms with E-state index in [1.54, 1.807) is 0 Å². The summed E-state index contributed by atoms with van der Waals surface area (Å²) < 4.78 is -2.42. The van der Waals surface area contributed by atoms with E-state index in [9.17, 15) is 0 Å². The van der Waals surface area contributed by atoms with Gasteiger partial charge in [-0.25, -0.2) is 0 Å². The van der Waals surface area contributed by atoms with E-state index in [0.717, 1.165) is 22.9 Å². The molecule has 0 bridgehead atoms. The fraction of sp³-hybridized carbons (Fsp3) is 0.286. The van der Waals surface area contributed by atoms with Crippen LogP contribution in [0.25, 0.3) is 10.8 Å². The highest BCUT2D eigenvalue weighted by Gasteiger charge is 2.51. The molecule has 0 amide bonds. The topological polar surface area (TPSA) is 0 Å². The van der Waals surface area contributed by atoms with E-state index in [4.69, 9.17) is 46.4 Å². The summed E-state index contributed by atoms with van der Waals surface area (Å²) >= 11 is 25.3. The van der Waals surface area contributed by atoms with E-state index in [-0.39, 0.29) is 0 Å². The highest BCUT2D eigenvalue weighted by atomic mass is 35.5. The maximum Gasteiger partial charge on any atom is 0.176 e. The molecule has 0 aliphatic heterocycles. The largest absolute Gasteiger partial charge is 0.176 e. The van der Waals surface area contributed by atoms with E-state index in [1.807, 2.05) is 24.3 Å². The normalized spacial score (nSPS) is 20.7. The molecule has 0 saturated heterocycles. The lowest BCUT2D eigenvalue weighted by molar-refractivity contribution is 0.585. The smallest absolute Gasteiger partial charge is 0.0979 e. The molecule has 0 fully saturated rings. The maximum absolute atomic E-state index is 6.40. The molecule has 94 valence electrons. The molecule has 0 heterocycles. The first kappa shape index (κ1) is 12.9. The van der Waals surface area contributed by atoms with Gasteiger partial charge in [-0.3, -0.25) is 0 Å². The Bertz CT molecular complexity index is 616. The number of hydrogen-bond donors (Lipinski definition) is 0. The molecule has 0 spiro atoms. The third-order valence-corrected chi connectivity index (χ3v) is 5.86. The van der Waals surface area contributed by atoms with Gasteiger partial charge in [-0.15, -0.1) is 0 Å². The number of aryl methyl sites for hydroxylation is 1. The Hall–Kier alpha value is -0.140. The van der Waals surface area contributed by atoms with Crippen molar-refractivity contribution >= 4 is 57.2 Å². The quantitative estimate of drug-likeness (QED) is 0.555. The van der Waals surface area contributed by atoms with E-state index < -0.39 is 8.67 Å². The molecule has 0 aromatic heterocycles. The summed E-state index contributed by atoms with van der Waals surface area (Å²) in [4.78, 5) is 0. The van der Waals surface area contributed by atoms with Gasteiger partial charge in [0.05, 0.1) is 0 Å². The van der Waals surface area contributed by atoms with Crippen molar-refractivity contribution in [2.45, 2.75) is 21.5 Å². The summed E-state index contributed by atoms with van der Waals surface area (Å²) in [7, 11) is 0. The second-order valence-corrected chi connectivity index (χ2v) is 7.45. The molecule has 0 unspecified atom stereocenters. The van der Waals surface area contributed by atoms with Crippen LogP contribution in [-0.4, -0.2) is 4.33 Å². The molecule has 1 aliphatic carbocycles. The number of rotatable bonds is 0. The number of halogens is 4. The lowest BCUT2D eigenvalue weighted by Gasteiger charge is -2.38. The zero-order valence-electron chi connectivity index (χ0n) is 9.39. The molecule has 18 heavy (non-hydrogen) atoms. The van der Waals surface area contributed by atoms with Crippen molar-refractivity contribution in [3.05, 3.63) is 47.5 Å². The van der Waals surface area contributed by atoms with Crippen LogP contribution in [0.3, 0.4) is 0 Å². The molecular weight excluding hydrogens is 310 g/mol. The van der Waals surface area contributed by atoms with Crippen LogP contribution in [-0.2, 0) is 10.8 Å². The highest BCUT2D eigenvalue weighted by Crippen LogP contribution is 2.56. The van der Waals surface area contributed by atoms with Gasteiger partial charge in [-0.05, 0) is 40.8 Å². The van der Waals surface area contributed by atoms with Crippen LogP contribution in [0, 0.1) is 0 Å². The lowest BCUT2D eigenvalue weighted by atomic mass is 9.88. The lowest BCUT2D eigenvalue weighted by Crippen LogP contribution is -2.38. The van der Waals surface area contributed by atoms with Crippen molar-refractivity contribution in [3.63, 3.8) is 0 Å². The Morgan fingerprint density at radius 2 is 1.50 bits per heavy atom. The van der Waals surface area contributed by atoms with Crippen molar-refractivity contribution in [1.82, 2.24) is 0 Å². The Morgan fingerprint density at radius 3 is 2.17 bits per heavy atom. The predicted octanol–water partition coefficient (Wildman–Crippen LogP) is 5.59. The molecule has 0 radical (unpaired) electrons. The van der Waals surface area contributed by atoms with Gasteiger partial charge in [0, 0.05) is 0 Å². The molecule has 1 aliphatic rings. The Balaban J connectivity index is 2.29. The molecule has 4 heteroatoms. The number of alkyl halides is 4. The molecule has 0 N–H and O–H groups in total. The molecule has 0 atom stereocenters. The van der Waals surface area contributed by atoms with Gasteiger partial charge in [0.15, 0.2) is 8.67 Å². The molecule has 2 aromatic carbocycles. The molecule has 0 nitrogen and oxygen atoms in total. The fourth-order valence-corrected chi connectivity index (χ4v) is 3.37. The minimum atomic E-state index is -1.27. The Morgan fingerprint density at radius 1 is 0.889 bits per heavy atom. The van der Waals surface area contributed by atoms with Gasteiger partial charge >= 0.3 is 0 Å². The van der Waals surface area contributed by atoms with E-state index >= 15 is 0 Å². The summed E-state index contributed by atoms with van der Waals surface area (Å²) in [6.45, 7) is 0. The number of fused-ring (bicyclic) bond motifs is 2. The van der Waals surface area contributed by atoms with E-state index in [0.29, 0.717) is 6.42 Å². The van der Waals surface area contributed by atoms with Gasteiger partial charge < -0.3 is 0 Å². The van der Waals surface area contributed by atoms with Crippen LogP contribution in [0.2, 0.25) is 0 Å². The average Bonchev–Trinajstić information content (AvgIpc) is 2.33. The number of benzene rings is 2. The van der Waals surface area contributed by atoms with Crippen LogP contribution in [0.1, 0.15) is 17.5 Å². The van der Waals surface area contributed by atoms with Crippen LogP contribution in [0.15, 0.2) is 36.4 Å². The van der Waals surface area contributed by atoms with Crippen LogP contribution < -0.4 is 0 Å². The van der Waals surface area contributed by atoms with Gasteiger partial charge in [0.2, 0.25) is 0 Å². The summed E-state index contributed by atoms with van der Waals surface area (Å²) in [5.41, 5.74) is 1.94. The Kier molecular flexibility index (Phi) is 2.99. The SMILES string of the molecule is ClC1(Cl)CCc2cc3ccccc3cc2C1(Cl)Cl. The standard InChI is InChI=1S/C14H10Cl4/c15-13(16)6-5-11-7-9-3-1-2-4-10(9)8-12(11)14(13,17)18/h1-4,7-8H,5-6H2. The van der Waals surface area contributed by atoms with Crippen molar-refractivity contribution in [2.75, 3.05) is 0 Å². The van der Waals surface area contributed by atoms with Gasteiger partial charge in [-0.1, -0.05) is 76.7 Å². The third kappa shape index (κ3) is 1.82. The summed E-state index contributed by atoms with van der Waals surface area (Å²) in [6.07, 6.45) is 1.34. The second kappa shape index (κ2) is 4.18. The fourth-order valence-electron chi connectivity index (χ4n) is 2.43. The molecule has 0 saturated carbocycles. The van der Waals surface area contributed by atoms with Crippen LogP contribution in [0.5, 0.6) is 0 Å². The third-order valence-electron chi connectivity index (χ3n) is 3.48. The Labute approximate surface area is 126 Å². The van der Waals surface area contributed by atoms with E-state index in [1.165, 1.54) is 5.39 Å². The van der Waals surface area contributed by atoms with Crippen molar-refractivity contribution < 1.29 is 0 Å². The van der Waals surface area contributed by atoms with E-state index in [2.05, 4.69) is 12.1 Å². The first-order valence-corrected chi connectivity index (χ1v) is 7.21. The average molecular weight is 320 g/mol. The van der Waals surface area contributed by atoms with Crippen molar-refractivity contribution in [1.29, 1.82) is 0 Å². The van der Waals surface area contributed by atoms with Crippen molar-refractivity contribution in [2.24, 2.45) is 0 Å². The summed E-state index contributed by atoms with van der Waals surface area (Å²) in [5.74, 6) is 0. The maximum atomic E-state index is 6.40. The summed E-state index contributed by atoms with van der Waals surface area (Å²) in [5, 5.41) is 2.27. The molecular formula is C14H10Cl4. The zero-order valence-corrected chi connectivity index (χ0v) is 12.4. The summed E-state index contributed by atoms with van der Waals surface area (Å²) in [6, 6.07) is 12.2. The molecule has 3 rings (SSSR count). The minimum Gasteiger partial charge on any atom is -0.0979 e. The molecule has 2 aromatic rings. The van der Waals surface area contributed by atoms with Gasteiger partial charge in [0.1, 0.15) is 0 Å².